The van der Waals surface area contributed by atoms with Crippen LogP contribution in [0.15, 0.2) is 34.2 Å². The first-order valence-electron chi connectivity index (χ1n) is 10.1. The number of halogens is 6. The summed E-state index contributed by atoms with van der Waals surface area (Å²) >= 11 is 0.978. The summed E-state index contributed by atoms with van der Waals surface area (Å²) < 4.78 is 78.6. The fraction of sp³-hybridized carbons (Fsp3) is 0.409. The zero-order valence-corrected chi connectivity index (χ0v) is 18.4. The van der Waals surface area contributed by atoms with E-state index in [0.29, 0.717) is 35.7 Å². The first-order valence-corrected chi connectivity index (χ1v) is 10.9. The molecule has 2 heterocycles. The SMILES string of the molecule is C#CCN=C1NC(=O)SC1=CC1CCN(C(=O)Cc2ccc(C(F)(F)F)cc2C(F)(F)F)CC1. The molecule has 0 saturated carbocycles. The molecule has 34 heavy (non-hydrogen) atoms. The molecule has 1 aromatic rings. The summed E-state index contributed by atoms with van der Waals surface area (Å²) in [4.78, 5) is 30.4. The van der Waals surface area contributed by atoms with Gasteiger partial charge in [0.05, 0.1) is 22.5 Å². The summed E-state index contributed by atoms with van der Waals surface area (Å²) in [5, 5.41) is 2.31. The molecule has 2 saturated heterocycles. The predicted molar refractivity (Wildman–Crippen MR) is 115 cm³/mol. The zero-order valence-electron chi connectivity index (χ0n) is 17.6. The van der Waals surface area contributed by atoms with Crippen LogP contribution in [0, 0.1) is 18.3 Å². The number of hydrogen-bond acceptors (Lipinski definition) is 4. The van der Waals surface area contributed by atoms with Gasteiger partial charge in [-0.1, -0.05) is 18.1 Å². The molecule has 182 valence electrons. The number of likely N-dealkylation sites (tertiary alicyclic amines) is 1. The number of thioether (sulfide) groups is 1. The number of nitrogens with zero attached hydrogens (tertiary/aromatic N) is 2. The van der Waals surface area contributed by atoms with E-state index in [0.717, 1.165) is 11.8 Å². The monoisotopic (exact) mass is 503 g/mol. The van der Waals surface area contributed by atoms with Crippen molar-refractivity contribution >= 4 is 28.7 Å². The van der Waals surface area contributed by atoms with E-state index in [1.54, 1.807) is 0 Å². The highest BCUT2D eigenvalue weighted by Crippen LogP contribution is 2.38. The van der Waals surface area contributed by atoms with Crippen molar-refractivity contribution < 1.29 is 35.9 Å². The number of carbonyl (C=O) groups is 2. The smallest absolute Gasteiger partial charge is 0.342 e. The molecule has 0 unspecified atom stereocenters. The number of rotatable bonds is 4. The summed E-state index contributed by atoms with van der Waals surface area (Å²) in [6.45, 7) is 0.626. The van der Waals surface area contributed by atoms with Crippen molar-refractivity contribution in [2.24, 2.45) is 10.9 Å². The van der Waals surface area contributed by atoms with Gasteiger partial charge in [-0.15, -0.1) is 6.42 Å². The quantitative estimate of drug-likeness (QED) is 0.471. The van der Waals surface area contributed by atoms with Crippen LogP contribution in [0.1, 0.15) is 29.5 Å². The molecule has 0 atom stereocenters. The minimum atomic E-state index is -5.03. The average Bonchev–Trinajstić information content (AvgIpc) is 3.10. The van der Waals surface area contributed by atoms with E-state index in [1.165, 1.54) is 4.90 Å². The topological polar surface area (TPSA) is 61.8 Å². The van der Waals surface area contributed by atoms with Crippen LogP contribution in [-0.4, -0.2) is 41.5 Å². The summed E-state index contributed by atoms with van der Waals surface area (Å²) in [6.07, 6.45) is -2.56. The third kappa shape index (κ3) is 6.34. The lowest BCUT2D eigenvalue weighted by atomic mass is 9.95. The van der Waals surface area contributed by atoms with Gasteiger partial charge in [0.2, 0.25) is 5.91 Å². The Morgan fingerprint density at radius 2 is 1.88 bits per heavy atom. The molecule has 0 aliphatic carbocycles. The Balaban J connectivity index is 1.66. The number of carbonyl (C=O) groups excluding carboxylic acids is 2. The van der Waals surface area contributed by atoms with Gasteiger partial charge in [-0.3, -0.25) is 14.6 Å². The molecule has 2 amide bonds. The Kier molecular flexibility index (Phi) is 7.65. The van der Waals surface area contributed by atoms with Crippen molar-refractivity contribution in [2.45, 2.75) is 31.6 Å². The molecule has 0 bridgehead atoms. The number of amidine groups is 1. The van der Waals surface area contributed by atoms with E-state index in [-0.39, 0.29) is 36.9 Å². The standard InChI is InChI=1S/C22H19F6N3O2S/c1-2-7-29-19-17(34-20(33)30-19)10-13-5-8-31(9-6-13)18(32)11-14-3-4-15(21(23,24)25)12-16(14)22(26,27)28/h1,3-4,10,12-13H,5-9,11H2,(H,29,30,33). The van der Waals surface area contributed by atoms with Gasteiger partial charge in [-0.05, 0) is 48.2 Å². The maximum Gasteiger partial charge on any atom is 0.416 e. The van der Waals surface area contributed by atoms with Gasteiger partial charge in [0.15, 0.2) is 0 Å². The van der Waals surface area contributed by atoms with Gasteiger partial charge in [-0.25, -0.2) is 0 Å². The largest absolute Gasteiger partial charge is 0.416 e. The van der Waals surface area contributed by atoms with Crippen LogP contribution in [-0.2, 0) is 23.6 Å². The molecule has 2 aliphatic rings. The number of aliphatic imine (C=N–C) groups is 1. The Labute approximate surface area is 195 Å². The van der Waals surface area contributed by atoms with Crippen molar-refractivity contribution in [1.82, 2.24) is 10.2 Å². The molecule has 0 radical (unpaired) electrons. The highest BCUT2D eigenvalue weighted by Gasteiger charge is 2.38. The van der Waals surface area contributed by atoms with E-state index >= 15 is 0 Å². The molecule has 1 aromatic carbocycles. The lowest BCUT2D eigenvalue weighted by molar-refractivity contribution is -0.143. The van der Waals surface area contributed by atoms with Gasteiger partial charge in [0, 0.05) is 13.1 Å². The van der Waals surface area contributed by atoms with Crippen LogP contribution >= 0.6 is 11.8 Å². The number of piperidine rings is 1. The third-order valence-corrected chi connectivity index (χ3v) is 6.19. The number of alkyl halides is 6. The maximum absolute atomic E-state index is 13.3. The molecule has 5 nitrogen and oxygen atoms in total. The van der Waals surface area contributed by atoms with Gasteiger partial charge < -0.3 is 10.2 Å². The molecule has 12 heteroatoms. The van der Waals surface area contributed by atoms with Crippen LogP contribution in [0.2, 0.25) is 0 Å². The highest BCUT2D eigenvalue weighted by atomic mass is 32.2. The summed E-state index contributed by atoms with van der Waals surface area (Å²) in [7, 11) is 0. The molecule has 0 aromatic heterocycles. The second kappa shape index (κ2) is 10.1. The fourth-order valence-corrected chi connectivity index (χ4v) is 4.48. The third-order valence-electron chi connectivity index (χ3n) is 5.35. The van der Waals surface area contributed by atoms with E-state index in [9.17, 15) is 35.9 Å². The summed E-state index contributed by atoms with van der Waals surface area (Å²) in [5.74, 6) is 2.14. The van der Waals surface area contributed by atoms with Crippen LogP contribution in [0.3, 0.4) is 0 Å². The van der Waals surface area contributed by atoms with Crippen LogP contribution < -0.4 is 5.32 Å². The lowest BCUT2D eigenvalue weighted by Crippen LogP contribution is -2.39. The second-order valence-corrected chi connectivity index (χ2v) is 8.69. The Morgan fingerprint density at radius 3 is 2.47 bits per heavy atom. The molecule has 3 rings (SSSR count). The number of hydrogen-bond donors (Lipinski definition) is 1. The van der Waals surface area contributed by atoms with Crippen molar-refractivity contribution in [2.75, 3.05) is 19.6 Å². The zero-order chi connectivity index (χ0) is 25.1. The first kappa shape index (κ1) is 25.7. The number of nitrogens with one attached hydrogen (secondary N) is 1. The van der Waals surface area contributed by atoms with Crippen molar-refractivity contribution in [3.8, 4) is 12.3 Å². The normalized spacial score (nSPS) is 20.0. The van der Waals surface area contributed by atoms with Crippen LogP contribution in [0.4, 0.5) is 31.1 Å². The van der Waals surface area contributed by atoms with Gasteiger partial charge in [-0.2, -0.15) is 26.3 Å². The Morgan fingerprint density at radius 1 is 1.21 bits per heavy atom. The van der Waals surface area contributed by atoms with Crippen molar-refractivity contribution in [1.29, 1.82) is 0 Å². The second-order valence-electron chi connectivity index (χ2n) is 7.68. The average molecular weight is 503 g/mol. The van der Waals surface area contributed by atoms with Gasteiger partial charge in [0.25, 0.3) is 5.24 Å². The van der Waals surface area contributed by atoms with E-state index in [1.807, 2.05) is 6.08 Å². The minimum absolute atomic E-state index is 0.00657. The number of terminal acetylenes is 1. The molecular formula is C22H19F6N3O2S. The summed E-state index contributed by atoms with van der Waals surface area (Å²) in [5.41, 5.74) is -3.40. The maximum atomic E-state index is 13.3. The van der Waals surface area contributed by atoms with E-state index in [4.69, 9.17) is 6.42 Å². The fourth-order valence-electron chi connectivity index (χ4n) is 3.66. The highest BCUT2D eigenvalue weighted by molar-refractivity contribution is 8.18. The number of allylic oxidation sites excluding steroid dienone is 1. The minimum Gasteiger partial charge on any atom is -0.342 e. The summed E-state index contributed by atoms with van der Waals surface area (Å²) in [6, 6.07) is 1.29. The Bertz CT molecular complexity index is 1060. The van der Waals surface area contributed by atoms with Gasteiger partial charge in [0.1, 0.15) is 12.4 Å². The molecule has 1 N–H and O–H groups in total. The predicted octanol–water partition coefficient (Wildman–Crippen LogP) is 4.88. The van der Waals surface area contributed by atoms with Gasteiger partial charge >= 0.3 is 12.4 Å². The molecular weight excluding hydrogens is 484 g/mol. The molecule has 2 aliphatic heterocycles. The van der Waals surface area contributed by atoms with Crippen molar-refractivity contribution in [3.63, 3.8) is 0 Å². The lowest BCUT2D eigenvalue weighted by Gasteiger charge is -2.31. The molecule has 2 fully saturated rings. The Hall–Kier alpha value is -2.94. The van der Waals surface area contributed by atoms with E-state index < -0.39 is 41.4 Å². The van der Waals surface area contributed by atoms with Crippen LogP contribution in [0.5, 0.6) is 0 Å². The van der Waals surface area contributed by atoms with E-state index in [2.05, 4.69) is 16.2 Å². The molecule has 0 spiro atoms. The first-order chi connectivity index (χ1) is 15.9. The number of amides is 2. The van der Waals surface area contributed by atoms with Crippen LogP contribution in [0.25, 0.3) is 0 Å². The van der Waals surface area contributed by atoms with Crippen molar-refractivity contribution in [3.05, 3.63) is 45.9 Å². The number of benzene rings is 1.